The molecule has 2 aromatic heterocycles. The molecule has 3 heterocycles. The number of alkyl halides is 2. The third-order valence-electron chi connectivity index (χ3n) is 5.51. The van der Waals surface area contributed by atoms with Crippen LogP contribution in [0, 0.1) is 12.7 Å². The number of nitrogens with zero attached hydrogens (tertiary/aromatic N) is 3. The maximum atomic E-state index is 15.1. The topological polar surface area (TPSA) is 128 Å². The fourth-order valence-electron chi connectivity index (χ4n) is 3.61. The normalized spacial score (nSPS) is 15.1. The number of aryl methyl sites for hydroxylation is 1. The molecule has 2 N–H and O–H groups in total. The van der Waals surface area contributed by atoms with Crippen LogP contribution in [0.4, 0.5) is 13.2 Å². The standard InChI is InChI=1S/C23H20Cl2F3N5O5/c1-10(30-22(35)23(8-36-9-23)31-20(34)21-33-32-11(2)38-21)18-16(26)3-12(6-29-18)14-4-13(24)5-15(25)19(14)37-7-17(27)28/h3-6,10,17H,7-9H2,1-2H3,(H,30,35)(H,31,34). The highest BCUT2D eigenvalue weighted by Crippen LogP contribution is 2.39. The number of amides is 2. The molecule has 2 amide bonds. The highest BCUT2D eigenvalue weighted by molar-refractivity contribution is 6.36. The van der Waals surface area contributed by atoms with Gasteiger partial charge in [0.15, 0.2) is 5.54 Å². The molecule has 38 heavy (non-hydrogen) atoms. The molecule has 202 valence electrons. The molecular formula is C23H20Cl2F3N5O5. The van der Waals surface area contributed by atoms with Gasteiger partial charge in [0.2, 0.25) is 5.89 Å². The van der Waals surface area contributed by atoms with E-state index in [2.05, 4.69) is 25.8 Å². The van der Waals surface area contributed by atoms with Crippen molar-refractivity contribution < 1.29 is 36.7 Å². The minimum Gasteiger partial charge on any atom is -0.485 e. The van der Waals surface area contributed by atoms with Crippen molar-refractivity contribution in [1.29, 1.82) is 0 Å². The maximum absolute atomic E-state index is 15.1. The number of carbonyl (C=O) groups is 2. The number of nitrogens with one attached hydrogen (secondary N) is 2. The molecule has 1 atom stereocenters. The van der Waals surface area contributed by atoms with Gasteiger partial charge >= 0.3 is 11.8 Å². The zero-order valence-electron chi connectivity index (χ0n) is 19.9. The first-order chi connectivity index (χ1) is 18.0. The van der Waals surface area contributed by atoms with Crippen LogP contribution in [0.15, 0.2) is 28.8 Å². The molecule has 1 unspecified atom stereocenters. The summed E-state index contributed by atoms with van der Waals surface area (Å²) in [6.45, 7) is 1.81. The first kappa shape index (κ1) is 27.6. The van der Waals surface area contributed by atoms with Crippen LogP contribution in [0.25, 0.3) is 11.1 Å². The first-order valence-corrected chi connectivity index (χ1v) is 11.8. The third kappa shape index (κ3) is 5.84. The number of pyridine rings is 1. The summed E-state index contributed by atoms with van der Waals surface area (Å²) in [5.74, 6) is -2.48. The summed E-state index contributed by atoms with van der Waals surface area (Å²) >= 11 is 12.2. The van der Waals surface area contributed by atoms with Crippen LogP contribution in [-0.4, -0.2) is 58.8 Å². The number of aromatic nitrogens is 3. The molecule has 1 aromatic carbocycles. The van der Waals surface area contributed by atoms with E-state index in [1.54, 1.807) is 0 Å². The molecule has 0 radical (unpaired) electrons. The van der Waals surface area contributed by atoms with E-state index in [4.69, 9.17) is 37.1 Å². The van der Waals surface area contributed by atoms with Crippen molar-refractivity contribution in [3.8, 4) is 16.9 Å². The van der Waals surface area contributed by atoms with Crippen LogP contribution in [0.3, 0.4) is 0 Å². The van der Waals surface area contributed by atoms with E-state index in [1.165, 1.54) is 32.2 Å². The number of hydrogen-bond acceptors (Lipinski definition) is 8. The minimum atomic E-state index is -2.76. The highest BCUT2D eigenvalue weighted by atomic mass is 35.5. The Morgan fingerprint density at radius 1 is 1.21 bits per heavy atom. The number of carbonyl (C=O) groups excluding carboxylic acids is 2. The van der Waals surface area contributed by atoms with Crippen LogP contribution in [0.2, 0.25) is 10.0 Å². The second kappa shape index (κ2) is 11.1. The van der Waals surface area contributed by atoms with Crippen LogP contribution >= 0.6 is 23.2 Å². The lowest BCUT2D eigenvalue weighted by Crippen LogP contribution is -2.70. The van der Waals surface area contributed by atoms with Gasteiger partial charge < -0.3 is 24.5 Å². The summed E-state index contributed by atoms with van der Waals surface area (Å²) in [5.41, 5.74) is -1.25. The van der Waals surface area contributed by atoms with Gasteiger partial charge in [-0.15, -0.1) is 10.2 Å². The summed E-state index contributed by atoms with van der Waals surface area (Å²) < 4.78 is 55.9. The van der Waals surface area contributed by atoms with Gasteiger partial charge in [0.25, 0.3) is 12.3 Å². The van der Waals surface area contributed by atoms with Gasteiger partial charge in [-0.25, -0.2) is 13.2 Å². The Labute approximate surface area is 223 Å². The monoisotopic (exact) mass is 573 g/mol. The summed E-state index contributed by atoms with van der Waals surface area (Å²) in [5, 5.41) is 12.4. The Hall–Kier alpha value is -3.42. The van der Waals surface area contributed by atoms with Crippen LogP contribution < -0.4 is 15.4 Å². The fraction of sp³-hybridized carbons (Fsp3) is 0.348. The van der Waals surface area contributed by atoms with Gasteiger partial charge in [-0.3, -0.25) is 14.6 Å². The van der Waals surface area contributed by atoms with E-state index in [-0.39, 0.29) is 57.6 Å². The molecule has 1 saturated heterocycles. The average molecular weight is 574 g/mol. The van der Waals surface area contributed by atoms with Gasteiger partial charge in [0.05, 0.1) is 30.0 Å². The molecule has 10 nitrogen and oxygen atoms in total. The van der Waals surface area contributed by atoms with E-state index >= 15 is 4.39 Å². The predicted molar refractivity (Wildman–Crippen MR) is 128 cm³/mol. The maximum Gasteiger partial charge on any atom is 0.309 e. The smallest absolute Gasteiger partial charge is 0.309 e. The van der Waals surface area contributed by atoms with Crippen molar-refractivity contribution in [3.05, 3.63) is 57.7 Å². The Morgan fingerprint density at radius 2 is 1.95 bits per heavy atom. The number of hydrogen-bond donors (Lipinski definition) is 2. The molecule has 1 aliphatic heterocycles. The van der Waals surface area contributed by atoms with E-state index in [0.717, 1.165) is 6.07 Å². The molecule has 4 rings (SSSR count). The first-order valence-electron chi connectivity index (χ1n) is 11.1. The van der Waals surface area contributed by atoms with Crippen molar-refractivity contribution in [2.75, 3.05) is 19.8 Å². The van der Waals surface area contributed by atoms with Crippen LogP contribution in [0.1, 0.15) is 35.2 Å². The van der Waals surface area contributed by atoms with Gasteiger partial charge in [-0.1, -0.05) is 23.2 Å². The minimum absolute atomic E-state index is 0.0379. The molecule has 0 spiro atoms. The van der Waals surface area contributed by atoms with Gasteiger partial charge in [-0.05, 0) is 25.1 Å². The zero-order chi connectivity index (χ0) is 27.6. The van der Waals surface area contributed by atoms with Gasteiger partial charge in [-0.2, -0.15) is 0 Å². The molecule has 1 fully saturated rings. The Bertz CT molecular complexity index is 1370. The summed E-state index contributed by atoms with van der Waals surface area (Å²) in [6, 6.07) is 2.84. The molecule has 15 heteroatoms. The lowest BCUT2D eigenvalue weighted by molar-refractivity contribution is -0.147. The summed E-state index contributed by atoms with van der Waals surface area (Å²) in [4.78, 5) is 29.6. The van der Waals surface area contributed by atoms with Crippen molar-refractivity contribution in [1.82, 2.24) is 25.8 Å². The Balaban J connectivity index is 1.52. The second-order valence-corrected chi connectivity index (χ2v) is 9.25. The van der Waals surface area contributed by atoms with Crippen molar-refractivity contribution in [3.63, 3.8) is 0 Å². The van der Waals surface area contributed by atoms with E-state index in [0.29, 0.717) is 0 Å². The van der Waals surface area contributed by atoms with E-state index in [9.17, 15) is 18.4 Å². The van der Waals surface area contributed by atoms with Gasteiger partial charge in [0, 0.05) is 29.3 Å². The molecule has 3 aromatic rings. The van der Waals surface area contributed by atoms with Crippen LogP contribution in [0.5, 0.6) is 5.75 Å². The Morgan fingerprint density at radius 3 is 2.53 bits per heavy atom. The number of rotatable bonds is 9. The Kier molecular flexibility index (Phi) is 8.09. The largest absolute Gasteiger partial charge is 0.485 e. The zero-order valence-corrected chi connectivity index (χ0v) is 21.4. The lowest BCUT2D eigenvalue weighted by Gasteiger charge is -2.40. The highest BCUT2D eigenvalue weighted by Gasteiger charge is 2.48. The third-order valence-corrected chi connectivity index (χ3v) is 6.00. The lowest BCUT2D eigenvalue weighted by atomic mass is 9.95. The van der Waals surface area contributed by atoms with Crippen molar-refractivity contribution in [2.24, 2.45) is 0 Å². The van der Waals surface area contributed by atoms with E-state index in [1.807, 2.05) is 0 Å². The van der Waals surface area contributed by atoms with Crippen molar-refractivity contribution in [2.45, 2.75) is 31.9 Å². The number of halogens is 5. The van der Waals surface area contributed by atoms with Crippen LogP contribution in [-0.2, 0) is 9.53 Å². The molecular weight excluding hydrogens is 554 g/mol. The fourth-order valence-corrected chi connectivity index (χ4v) is 4.16. The molecule has 1 aliphatic rings. The molecule has 0 saturated carbocycles. The van der Waals surface area contributed by atoms with Crippen molar-refractivity contribution >= 4 is 35.0 Å². The quantitative estimate of drug-likeness (QED) is 0.394. The van der Waals surface area contributed by atoms with Gasteiger partial charge in [0.1, 0.15) is 18.2 Å². The van der Waals surface area contributed by atoms with E-state index < -0.39 is 42.2 Å². The number of ether oxygens (including phenoxy) is 2. The SMILES string of the molecule is Cc1nnc(C(=O)NC2(C(=O)NC(C)c3ncc(-c4cc(Cl)cc(Cl)c4OCC(F)F)cc3F)COC2)o1. The summed E-state index contributed by atoms with van der Waals surface area (Å²) in [6.07, 6.45) is -1.50. The second-order valence-electron chi connectivity index (χ2n) is 8.41. The molecule has 0 bridgehead atoms. The number of benzene rings is 1. The molecule has 0 aliphatic carbocycles. The average Bonchev–Trinajstić information content (AvgIpc) is 3.26. The summed E-state index contributed by atoms with van der Waals surface area (Å²) in [7, 11) is 0. The predicted octanol–water partition coefficient (Wildman–Crippen LogP) is 3.91.